The summed E-state index contributed by atoms with van der Waals surface area (Å²) in [5.41, 5.74) is 2.27. The van der Waals surface area contributed by atoms with Crippen LogP contribution in [0, 0.1) is 11.3 Å². The SMILES string of the molecule is CC(Oc1ccccc1C(C)C)C(=O)Nc1ccc(C#N)cc1. The number of hydrogen-bond donors (Lipinski definition) is 1. The van der Waals surface area contributed by atoms with Crippen LogP contribution in [-0.2, 0) is 4.79 Å². The van der Waals surface area contributed by atoms with Crippen molar-refractivity contribution in [1.82, 2.24) is 0 Å². The predicted octanol–water partition coefficient (Wildman–Crippen LogP) is 4.09. The van der Waals surface area contributed by atoms with Crippen molar-refractivity contribution in [2.75, 3.05) is 5.32 Å². The fourth-order valence-electron chi connectivity index (χ4n) is 2.18. The van der Waals surface area contributed by atoms with E-state index in [0.717, 1.165) is 11.3 Å². The molecule has 1 atom stereocenters. The first-order chi connectivity index (χ1) is 11.0. The van der Waals surface area contributed by atoms with Gasteiger partial charge in [0.1, 0.15) is 5.75 Å². The third kappa shape index (κ3) is 4.33. The molecule has 0 aliphatic carbocycles. The van der Waals surface area contributed by atoms with Gasteiger partial charge in [0.2, 0.25) is 0 Å². The van der Waals surface area contributed by atoms with E-state index in [-0.39, 0.29) is 5.91 Å². The molecule has 4 heteroatoms. The van der Waals surface area contributed by atoms with E-state index in [2.05, 4.69) is 19.2 Å². The molecule has 0 saturated carbocycles. The minimum atomic E-state index is -0.620. The summed E-state index contributed by atoms with van der Waals surface area (Å²) in [6.07, 6.45) is -0.620. The number of carbonyl (C=O) groups excluding carboxylic acids is 1. The quantitative estimate of drug-likeness (QED) is 0.905. The second kappa shape index (κ2) is 7.46. The fourth-order valence-corrected chi connectivity index (χ4v) is 2.18. The third-order valence-electron chi connectivity index (χ3n) is 3.50. The summed E-state index contributed by atoms with van der Waals surface area (Å²) in [4.78, 5) is 12.3. The lowest BCUT2D eigenvalue weighted by Crippen LogP contribution is -2.30. The molecule has 1 unspecified atom stereocenters. The Bertz CT molecular complexity index is 715. The topological polar surface area (TPSA) is 62.1 Å². The molecule has 4 nitrogen and oxygen atoms in total. The van der Waals surface area contributed by atoms with Gasteiger partial charge in [-0.1, -0.05) is 32.0 Å². The van der Waals surface area contributed by atoms with Gasteiger partial charge in [0, 0.05) is 5.69 Å². The van der Waals surface area contributed by atoms with Gasteiger partial charge in [0.05, 0.1) is 11.6 Å². The maximum Gasteiger partial charge on any atom is 0.265 e. The number of nitrogens with zero attached hydrogens (tertiary/aromatic N) is 1. The zero-order valence-corrected chi connectivity index (χ0v) is 13.5. The van der Waals surface area contributed by atoms with Crippen molar-refractivity contribution in [3.05, 3.63) is 59.7 Å². The lowest BCUT2D eigenvalue weighted by Gasteiger charge is -2.18. The summed E-state index contributed by atoms with van der Waals surface area (Å²) in [6.45, 7) is 5.89. The number of para-hydroxylation sites is 1. The van der Waals surface area contributed by atoms with Gasteiger partial charge in [0.15, 0.2) is 6.10 Å². The number of anilines is 1. The smallest absolute Gasteiger partial charge is 0.265 e. The summed E-state index contributed by atoms with van der Waals surface area (Å²) >= 11 is 0. The Balaban J connectivity index is 2.04. The van der Waals surface area contributed by atoms with Crippen LogP contribution in [0.15, 0.2) is 48.5 Å². The molecule has 1 N–H and O–H groups in total. The van der Waals surface area contributed by atoms with E-state index in [0.29, 0.717) is 17.2 Å². The van der Waals surface area contributed by atoms with Crippen LogP contribution in [-0.4, -0.2) is 12.0 Å². The highest BCUT2D eigenvalue weighted by molar-refractivity contribution is 5.94. The molecule has 0 heterocycles. The number of ether oxygens (including phenoxy) is 1. The van der Waals surface area contributed by atoms with Crippen LogP contribution >= 0.6 is 0 Å². The molecule has 0 aromatic heterocycles. The molecule has 0 fully saturated rings. The van der Waals surface area contributed by atoms with Crippen LogP contribution in [0.25, 0.3) is 0 Å². The molecule has 0 radical (unpaired) electrons. The maximum atomic E-state index is 12.3. The van der Waals surface area contributed by atoms with Crippen molar-refractivity contribution in [3.8, 4) is 11.8 Å². The summed E-state index contributed by atoms with van der Waals surface area (Å²) in [7, 11) is 0. The van der Waals surface area contributed by atoms with Gasteiger partial charge in [-0.05, 0) is 48.7 Å². The van der Waals surface area contributed by atoms with E-state index in [1.807, 2.05) is 30.3 Å². The molecular weight excluding hydrogens is 288 g/mol. The third-order valence-corrected chi connectivity index (χ3v) is 3.50. The predicted molar refractivity (Wildman–Crippen MR) is 90.4 cm³/mol. The van der Waals surface area contributed by atoms with E-state index < -0.39 is 6.10 Å². The van der Waals surface area contributed by atoms with Crippen molar-refractivity contribution in [2.45, 2.75) is 32.8 Å². The minimum Gasteiger partial charge on any atom is -0.481 e. The molecule has 23 heavy (non-hydrogen) atoms. The number of hydrogen-bond acceptors (Lipinski definition) is 3. The Hall–Kier alpha value is -2.80. The molecule has 118 valence electrons. The van der Waals surface area contributed by atoms with E-state index in [9.17, 15) is 4.79 Å². The highest BCUT2D eigenvalue weighted by Crippen LogP contribution is 2.26. The molecule has 0 aliphatic heterocycles. The van der Waals surface area contributed by atoms with E-state index in [4.69, 9.17) is 10.00 Å². The van der Waals surface area contributed by atoms with Crippen LogP contribution in [0.3, 0.4) is 0 Å². The number of carbonyl (C=O) groups is 1. The lowest BCUT2D eigenvalue weighted by atomic mass is 10.0. The number of nitriles is 1. The highest BCUT2D eigenvalue weighted by Gasteiger charge is 2.17. The van der Waals surface area contributed by atoms with E-state index in [1.165, 1.54) is 0 Å². The molecule has 2 aromatic rings. The van der Waals surface area contributed by atoms with Crippen LogP contribution < -0.4 is 10.1 Å². The molecule has 2 aromatic carbocycles. The normalized spacial score (nSPS) is 11.6. The number of benzene rings is 2. The van der Waals surface area contributed by atoms with Crippen molar-refractivity contribution in [3.63, 3.8) is 0 Å². The average Bonchev–Trinajstić information content (AvgIpc) is 2.55. The van der Waals surface area contributed by atoms with Crippen molar-refractivity contribution < 1.29 is 9.53 Å². The fraction of sp³-hybridized carbons (Fsp3) is 0.263. The Morgan fingerprint density at radius 3 is 2.35 bits per heavy atom. The zero-order valence-electron chi connectivity index (χ0n) is 13.5. The first-order valence-corrected chi connectivity index (χ1v) is 7.58. The summed E-state index contributed by atoms with van der Waals surface area (Å²) < 4.78 is 5.82. The van der Waals surface area contributed by atoms with Crippen molar-refractivity contribution >= 4 is 11.6 Å². The second-order valence-electron chi connectivity index (χ2n) is 5.63. The molecule has 0 bridgehead atoms. The van der Waals surface area contributed by atoms with Crippen LogP contribution in [0.4, 0.5) is 5.69 Å². The second-order valence-corrected chi connectivity index (χ2v) is 5.63. The minimum absolute atomic E-state index is 0.228. The summed E-state index contributed by atoms with van der Waals surface area (Å²) in [5.74, 6) is 0.818. The van der Waals surface area contributed by atoms with Gasteiger partial charge < -0.3 is 10.1 Å². The van der Waals surface area contributed by atoms with Crippen LogP contribution in [0.2, 0.25) is 0 Å². The molecule has 1 amide bonds. The number of rotatable bonds is 5. The molecule has 0 spiro atoms. The van der Waals surface area contributed by atoms with Gasteiger partial charge in [-0.3, -0.25) is 4.79 Å². The zero-order chi connectivity index (χ0) is 16.8. The maximum absolute atomic E-state index is 12.3. The highest BCUT2D eigenvalue weighted by atomic mass is 16.5. The Kier molecular flexibility index (Phi) is 5.37. The Morgan fingerprint density at radius 1 is 1.09 bits per heavy atom. The van der Waals surface area contributed by atoms with Gasteiger partial charge in [-0.2, -0.15) is 5.26 Å². The van der Waals surface area contributed by atoms with E-state index in [1.54, 1.807) is 31.2 Å². The van der Waals surface area contributed by atoms with Crippen LogP contribution in [0.1, 0.15) is 37.8 Å². The van der Waals surface area contributed by atoms with Gasteiger partial charge >= 0.3 is 0 Å². The number of nitrogens with one attached hydrogen (secondary N) is 1. The van der Waals surface area contributed by atoms with Gasteiger partial charge in [0.25, 0.3) is 5.91 Å². The Labute approximate surface area is 136 Å². The van der Waals surface area contributed by atoms with Crippen molar-refractivity contribution in [2.24, 2.45) is 0 Å². The monoisotopic (exact) mass is 308 g/mol. The largest absolute Gasteiger partial charge is 0.481 e. The molecule has 0 aliphatic rings. The average molecular weight is 308 g/mol. The summed E-state index contributed by atoms with van der Waals surface area (Å²) in [5, 5.41) is 11.6. The van der Waals surface area contributed by atoms with Crippen molar-refractivity contribution in [1.29, 1.82) is 5.26 Å². The number of amides is 1. The molecule has 0 saturated heterocycles. The first kappa shape index (κ1) is 16.6. The lowest BCUT2D eigenvalue weighted by molar-refractivity contribution is -0.122. The standard InChI is InChI=1S/C19H20N2O2/c1-13(2)17-6-4-5-7-18(17)23-14(3)19(22)21-16-10-8-15(12-20)9-11-16/h4-11,13-14H,1-3H3,(H,21,22). The molecule has 2 rings (SSSR count). The Morgan fingerprint density at radius 2 is 1.74 bits per heavy atom. The first-order valence-electron chi connectivity index (χ1n) is 7.58. The van der Waals surface area contributed by atoms with Crippen LogP contribution in [0.5, 0.6) is 5.75 Å². The summed E-state index contributed by atoms with van der Waals surface area (Å²) in [6, 6.07) is 16.5. The molecular formula is C19H20N2O2. The van der Waals surface area contributed by atoms with Gasteiger partial charge in [-0.25, -0.2) is 0 Å². The van der Waals surface area contributed by atoms with Gasteiger partial charge in [-0.15, -0.1) is 0 Å². The van der Waals surface area contributed by atoms with E-state index >= 15 is 0 Å².